The van der Waals surface area contributed by atoms with Gasteiger partial charge in [-0.3, -0.25) is 4.68 Å². The van der Waals surface area contributed by atoms with Crippen LogP contribution in [0.4, 0.5) is 0 Å². The van der Waals surface area contributed by atoms with Crippen molar-refractivity contribution in [1.29, 1.82) is 0 Å². The molecule has 0 bridgehead atoms. The Bertz CT molecular complexity index is 709. The molecular weight excluding hydrogens is 284 g/mol. The van der Waals surface area contributed by atoms with Gasteiger partial charge in [-0.05, 0) is 29.5 Å². The summed E-state index contributed by atoms with van der Waals surface area (Å²) in [5.41, 5.74) is 0. The highest BCUT2D eigenvalue weighted by Crippen LogP contribution is 2.31. The third kappa shape index (κ3) is 2.54. The first kappa shape index (κ1) is 12.4. The number of aryl methyl sites for hydroxylation is 1. The van der Waals surface area contributed by atoms with Gasteiger partial charge < -0.3 is 4.74 Å². The van der Waals surface area contributed by atoms with Crippen molar-refractivity contribution in [2.24, 2.45) is 0 Å². The fourth-order valence-corrected chi connectivity index (χ4v) is 2.71. The molecule has 3 rings (SSSR count). The van der Waals surface area contributed by atoms with Crippen LogP contribution in [-0.2, 0) is 6.54 Å². The number of aromatic nitrogens is 4. The number of nitrogens with zero attached hydrogens (tertiary/aromatic N) is 4. The smallest absolute Gasteiger partial charge is 0.232 e. The highest BCUT2D eigenvalue weighted by molar-refractivity contribution is 7.16. The van der Waals surface area contributed by atoms with Gasteiger partial charge in [-0.15, -0.1) is 11.3 Å². The SMILES string of the molecule is CCCn1cc(Oc2nc(Cl)nc3sccc23)cn1. The molecule has 98 valence electrons. The largest absolute Gasteiger partial charge is 0.435 e. The second-order valence-corrected chi connectivity index (χ2v) is 5.21. The molecule has 0 aromatic carbocycles. The zero-order valence-corrected chi connectivity index (χ0v) is 11.8. The van der Waals surface area contributed by atoms with Gasteiger partial charge in [0.2, 0.25) is 11.2 Å². The van der Waals surface area contributed by atoms with Crippen molar-refractivity contribution in [2.45, 2.75) is 19.9 Å². The third-order valence-corrected chi connectivity index (χ3v) is 3.52. The van der Waals surface area contributed by atoms with Gasteiger partial charge in [-0.1, -0.05) is 6.92 Å². The summed E-state index contributed by atoms with van der Waals surface area (Å²) < 4.78 is 7.58. The summed E-state index contributed by atoms with van der Waals surface area (Å²) in [7, 11) is 0. The third-order valence-electron chi connectivity index (χ3n) is 2.54. The minimum absolute atomic E-state index is 0.186. The second kappa shape index (κ2) is 5.14. The molecule has 5 nitrogen and oxygen atoms in total. The van der Waals surface area contributed by atoms with Crippen LogP contribution in [0, 0.1) is 0 Å². The van der Waals surface area contributed by atoms with E-state index < -0.39 is 0 Å². The quantitative estimate of drug-likeness (QED) is 0.688. The van der Waals surface area contributed by atoms with Crippen LogP contribution in [0.15, 0.2) is 23.8 Å². The minimum Gasteiger partial charge on any atom is -0.435 e. The summed E-state index contributed by atoms with van der Waals surface area (Å²) in [6.07, 6.45) is 4.54. The van der Waals surface area contributed by atoms with Gasteiger partial charge in [-0.25, -0.2) is 4.98 Å². The Kier molecular flexibility index (Phi) is 3.35. The van der Waals surface area contributed by atoms with E-state index in [1.165, 1.54) is 11.3 Å². The first-order valence-corrected chi connectivity index (χ1v) is 7.13. The normalized spacial score (nSPS) is 11.1. The van der Waals surface area contributed by atoms with Crippen LogP contribution in [0.5, 0.6) is 11.6 Å². The van der Waals surface area contributed by atoms with Crippen molar-refractivity contribution in [2.75, 3.05) is 0 Å². The predicted octanol–water partition coefficient (Wildman–Crippen LogP) is 3.74. The molecule has 0 aliphatic rings. The van der Waals surface area contributed by atoms with Crippen molar-refractivity contribution in [3.05, 3.63) is 29.1 Å². The summed E-state index contributed by atoms with van der Waals surface area (Å²) in [5.74, 6) is 1.11. The van der Waals surface area contributed by atoms with Crippen LogP contribution < -0.4 is 4.74 Å². The maximum atomic E-state index is 5.89. The predicted molar refractivity (Wildman–Crippen MR) is 75.0 cm³/mol. The first-order valence-electron chi connectivity index (χ1n) is 5.87. The lowest BCUT2D eigenvalue weighted by molar-refractivity contribution is 0.466. The van der Waals surface area contributed by atoms with E-state index in [2.05, 4.69) is 22.0 Å². The standard InChI is InChI=1S/C12H11ClN4OS/c1-2-4-17-7-8(6-14-17)18-10-9-3-5-19-11(9)16-12(13)15-10/h3,5-7H,2,4H2,1H3. The summed E-state index contributed by atoms with van der Waals surface area (Å²) >= 11 is 7.39. The summed E-state index contributed by atoms with van der Waals surface area (Å²) in [6.45, 7) is 2.96. The molecule has 0 radical (unpaired) electrons. The Hall–Kier alpha value is -1.66. The van der Waals surface area contributed by atoms with Gasteiger partial charge in [0.1, 0.15) is 4.83 Å². The Labute approximate surface area is 118 Å². The van der Waals surface area contributed by atoms with Crippen molar-refractivity contribution < 1.29 is 4.74 Å². The number of thiophene rings is 1. The lowest BCUT2D eigenvalue weighted by Gasteiger charge is -2.03. The Morgan fingerprint density at radius 1 is 1.42 bits per heavy atom. The number of rotatable bonds is 4. The van der Waals surface area contributed by atoms with Crippen LogP contribution in [0.3, 0.4) is 0 Å². The molecule has 7 heteroatoms. The van der Waals surface area contributed by atoms with Crippen molar-refractivity contribution in [1.82, 2.24) is 19.7 Å². The van der Waals surface area contributed by atoms with Gasteiger partial charge in [0.05, 0.1) is 17.8 Å². The van der Waals surface area contributed by atoms with Gasteiger partial charge in [0, 0.05) is 6.54 Å². The van der Waals surface area contributed by atoms with E-state index in [1.807, 2.05) is 22.3 Å². The van der Waals surface area contributed by atoms with Gasteiger partial charge in [0.15, 0.2) is 5.75 Å². The molecule has 0 amide bonds. The molecular formula is C12H11ClN4OS. The van der Waals surface area contributed by atoms with Crippen LogP contribution in [0.1, 0.15) is 13.3 Å². The molecule has 0 fully saturated rings. The maximum absolute atomic E-state index is 5.89. The topological polar surface area (TPSA) is 52.8 Å². The highest BCUT2D eigenvalue weighted by Gasteiger charge is 2.11. The van der Waals surface area contributed by atoms with Crippen LogP contribution in [-0.4, -0.2) is 19.7 Å². The molecule has 0 aliphatic heterocycles. The average Bonchev–Trinajstić information content (AvgIpc) is 2.98. The lowest BCUT2D eigenvalue weighted by Crippen LogP contribution is -1.95. The second-order valence-electron chi connectivity index (χ2n) is 3.98. The fraction of sp³-hybridized carbons (Fsp3) is 0.250. The Balaban J connectivity index is 1.93. The van der Waals surface area contributed by atoms with E-state index >= 15 is 0 Å². The van der Waals surface area contributed by atoms with Crippen molar-refractivity contribution in [3.8, 4) is 11.6 Å². The Morgan fingerprint density at radius 2 is 2.32 bits per heavy atom. The van der Waals surface area contributed by atoms with Gasteiger partial charge >= 0.3 is 0 Å². The van der Waals surface area contributed by atoms with Crippen LogP contribution in [0.2, 0.25) is 5.28 Å². The molecule has 3 aromatic heterocycles. The van der Waals surface area contributed by atoms with Gasteiger partial charge in [0.25, 0.3) is 0 Å². The molecule has 0 spiro atoms. The molecule has 0 N–H and O–H groups in total. The number of ether oxygens (including phenoxy) is 1. The first-order chi connectivity index (χ1) is 9.26. The van der Waals surface area contributed by atoms with Crippen LogP contribution >= 0.6 is 22.9 Å². The molecule has 3 aromatic rings. The van der Waals surface area contributed by atoms with Crippen LogP contribution in [0.25, 0.3) is 10.2 Å². The highest BCUT2D eigenvalue weighted by atomic mass is 35.5. The summed E-state index contributed by atoms with van der Waals surface area (Å²) in [6, 6.07) is 1.92. The Morgan fingerprint density at radius 3 is 3.16 bits per heavy atom. The molecule has 0 aliphatic carbocycles. The molecule has 19 heavy (non-hydrogen) atoms. The zero-order chi connectivity index (χ0) is 13.2. The molecule has 0 atom stereocenters. The molecule has 3 heterocycles. The van der Waals surface area contributed by atoms with E-state index in [0.717, 1.165) is 23.2 Å². The minimum atomic E-state index is 0.186. The maximum Gasteiger partial charge on any atom is 0.232 e. The van der Waals surface area contributed by atoms with Crippen molar-refractivity contribution in [3.63, 3.8) is 0 Å². The molecule has 0 saturated heterocycles. The number of hydrogen-bond donors (Lipinski definition) is 0. The van der Waals surface area contributed by atoms with E-state index in [-0.39, 0.29) is 5.28 Å². The summed E-state index contributed by atoms with van der Waals surface area (Å²) in [5, 5.41) is 7.19. The number of halogens is 1. The van der Waals surface area contributed by atoms with Gasteiger partial charge in [-0.2, -0.15) is 10.1 Å². The van der Waals surface area contributed by atoms with E-state index in [4.69, 9.17) is 16.3 Å². The van der Waals surface area contributed by atoms with E-state index in [9.17, 15) is 0 Å². The molecule has 0 saturated carbocycles. The average molecular weight is 295 g/mol. The lowest BCUT2D eigenvalue weighted by atomic mass is 10.4. The van der Waals surface area contributed by atoms with E-state index in [0.29, 0.717) is 11.6 Å². The number of hydrogen-bond acceptors (Lipinski definition) is 5. The number of fused-ring (bicyclic) bond motifs is 1. The summed E-state index contributed by atoms with van der Waals surface area (Å²) in [4.78, 5) is 9.09. The fourth-order valence-electron chi connectivity index (χ4n) is 1.74. The molecule has 0 unspecified atom stereocenters. The van der Waals surface area contributed by atoms with E-state index in [1.54, 1.807) is 6.20 Å². The zero-order valence-electron chi connectivity index (χ0n) is 10.2. The monoisotopic (exact) mass is 294 g/mol. The van der Waals surface area contributed by atoms with Crippen molar-refractivity contribution >= 4 is 33.2 Å².